The molecule has 4 aromatic carbocycles. The van der Waals surface area contributed by atoms with Gasteiger partial charge in [-0.05, 0) is 56.5 Å². The van der Waals surface area contributed by atoms with Crippen molar-refractivity contribution in [2.45, 2.75) is 31.6 Å². The van der Waals surface area contributed by atoms with Gasteiger partial charge in [0, 0.05) is 11.3 Å². The number of rotatable bonds is 3. The van der Waals surface area contributed by atoms with Gasteiger partial charge in [0.25, 0.3) is 0 Å². The van der Waals surface area contributed by atoms with E-state index in [4.69, 9.17) is 0 Å². The molecule has 6 rings (SSSR count). The number of hydrogen-bond donors (Lipinski definition) is 0. The summed E-state index contributed by atoms with van der Waals surface area (Å²) in [5.74, 6) is 0.433. The van der Waals surface area contributed by atoms with Gasteiger partial charge >= 0.3 is 0 Å². The van der Waals surface area contributed by atoms with Crippen molar-refractivity contribution in [2.24, 2.45) is 0 Å². The Bertz CT molecular complexity index is 1380. The zero-order valence-electron chi connectivity index (χ0n) is 19.3. The first-order chi connectivity index (χ1) is 16.1. The van der Waals surface area contributed by atoms with Gasteiger partial charge in [0.1, 0.15) is 0 Å². The molecule has 160 valence electrons. The highest BCUT2D eigenvalue weighted by Gasteiger charge is 2.35. The summed E-state index contributed by atoms with van der Waals surface area (Å²) in [6.07, 6.45) is 8.13. The van der Waals surface area contributed by atoms with Crippen molar-refractivity contribution < 1.29 is 0 Å². The van der Waals surface area contributed by atoms with E-state index in [0.29, 0.717) is 5.92 Å². The Hall–Kier alpha value is -3.64. The van der Waals surface area contributed by atoms with E-state index in [2.05, 4.69) is 129 Å². The molecule has 0 aliphatic heterocycles. The number of fused-ring (bicyclic) bond motifs is 3. The predicted octanol–water partition coefficient (Wildman–Crippen LogP) is 8.79. The van der Waals surface area contributed by atoms with E-state index in [1.54, 1.807) is 0 Å². The van der Waals surface area contributed by atoms with Crippen LogP contribution >= 0.6 is 0 Å². The summed E-state index contributed by atoms with van der Waals surface area (Å²) < 4.78 is 0. The summed E-state index contributed by atoms with van der Waals surface area (Å²) in [6.45, 7) is 4.71. The van der Waals surface area contributed by atoms with Gasteiger partial charge in [-0.2, -0.15) is 0 Å². The maximum absolute atomic E-state index is 2.46. The van der Waals surface area contributed by atoms with Crippen molar-refractivity contribution in [3.8, 4) is 22.3 Å². The van der Waals surface area contributed by atoms with Crippen LogP contribution in [0.15, 0.2) is 115 Å². The molecule has 0 saturated carbocycles. The molecule has 0 saturated heterocycles. The number of allylic oxidation sites excluding steroid dienone is 4. The van der Waals surface area contributed by atoms with Crippen LogP contribution in [0.2, 0.25) is 0 Å². The summed E-state index contributed by atoms with van der Waals surface area (Å²) in [7, 11) is 0. The van der Waals surface area contributed by atoms with Gasteiger partial charge in [-0.1, -0.05) is 129 Å². The van der Waals surface area contributed by atoms with Crippen molar-refractivity contribution >= 4 is 5.57 Å². The first-order valence-corrected chi connectivity index (χ1v) is 11.9. The molecule has 0 heteroatoms. The molecular formula is C33H28. The van der Waals surface area contributed by atoms with Gasteiger partial charge in [-0.3, -0.25) is 0 Å². The number of hydrogen-bond acceptors (Lipinski definition) is 0. The molecule has 2 aliphatic rings. The minimum absolute atomic E-state index is 0.0574. The predicted molar refractivity (Wildman–Crippen MR) is 140 cm³/mol. The quantitative estimate of drug-likeness (QED) is 0.308. The minimum atomic E-state index is 0.0574. The minimum Gasteiger partial charge on any atom is -0.0761 e. The third-order valence-electron chi connectivity index (χ3n) is 7.46. The van der Waals surface area contributed by atoms with Crippen LogP contribution in [-0.4, -0.2) is 0 Å². The standard InChI is InChI=1S/C33H28/c1-33(2)31-11-7-6-10-29(31)30-21-20-28(22-32(30)33)27-18-16-26(17-19-27)25-14-12-24(13-15-25)23-8-4-3-5-9-23/h3-18,20-22,27H,19H2,1-2H3. The van der Waals surface area contributed by atoms with Gasteiger partial charge in [0.05, 0.1) is 0 Å². The largest absolute Gasteiger partial charge is 0.0761 e. The summed E-state index contributed by atoms with van der Waals surface area (Å²) >= 11 is 0. The third kappa shape index (κ3) is 3.38. The molecule has 1 atom stereocenters. The second-order valence-corrected chi connectivity index (χ2v) is 9.78. The molecule has 0 spiro atoms. The van der Waals surface area contributed by atoms with Crippen LogP contribution in [0.4, 0.5) is 0 Å². The molecule has 0 radical (unpaired) electrons. The molecule has 0 N–H and O–H groups in total. The monoisotopic (exact) mass is 424 g/mol. The SMILES string of the molecule is CC1(C)c2ccccc2-c2ccc(C3C=CC(c4ccc(-c5ccccc5)cc4)=CC3)cc21. The van der Waals surface area contributed by atoms with Crippen LogP contribution < -0.4 is 0 Å². The third-order valence-corrected chi connectivity index (χ3v) is 7.46. The molecule has 0 amide bonds. The molecule has 2 aliphatic carbocycles. The van der Waals surface area contributed by atoms with Crippen LogP contribution in [0.1, 0.15) is 48.4 Å². The Balaban J connectivity index is 1.23. The highest BCUT2D eigenvalue weighted by molar-refractivity contribution is 5.81. The zero-order chi connectivity index (χ0) is 22.4. The Morgan fingerprint density at radius 1 is 0.636 bits per heavy atom. The van der Waals surface area contributed by atoms with Gasteiger partial charge in [-0.25, -0.2) is 0 Å². The smallest absolute Gasteiger partial charge is 0.0158 e. The van der Waals surface area contributed by atoms with Gasteiger partial charge < -0.3 is 0 Å². The fourth-order valence-electron chi connectivity index (χ4n) is 5.52. The molecule has 0 heterocycles. The van der Waals surface area contributed by atoms with E-state index in [-0.39, 0.29) is 5.41 Å². The fourth-order valence-corrected chi connectivity index (χ4v) is 5.52. The molecule has 33 heavy (non-hydrogen) atoms. The molecule has 0 fully saturated rings. The lowest BCUT2D eigenvalue weighted by atomic mass is 9.80. The lowest BCUT2D eigenvalue weighted by molar-refractivity contribution is 0.658. The summed E-state index contributed by atoms with van der Waals surface area (Å²) in [5, 5.41) is 0. The van der Waals surface area contributed by atoms with E-state index in [1.807, 2.05) is 0 Å². The highest BCUT2D eigenvalue weighted by Crippen LogP contribution is 2.49. The van der Waals surface area contributed by atoms with Crippen LogP contribution in [0.5, 0.6) is 0 Å². The Kier molecular flexibility index (Phi) is 4.69. The fraction of sp³-hybridized carbons (Fsp3) is 0.152. The summed E-state index contributed by atoms with van der Waals surface area (Å²) in [4.78, 5) is 0. The molecule has 0 aromatic heterocycles. The van der Waals surface area contributed by atoms with Crippen LogP contribution in [-0.2, 0) is 5.41 Å². The maximum Gasteiger partial charge on any atom is 0.0158 e. The van der Waals surface area contributed by atoms with E-state index in [1.165, 1.54) is 50.1 Å². The molecular weight excluding hydrogens is 396 g/mol. The Morgan fingerprint density at radius 3 is 2.06 bits per heavy atom. The van der Waals surface area contributed by atoms with Crippen molar-refractivity contribution in [1.29, 1.82) is 0 Å². The van der Waals surface area contributed by atoms with Gasteiger partial charge in [-0.15, -0.1) is 0 Å². The lowest BCUT2D eigenvalue weighted by Gasteiger charge is -2.23. The zero-order valence-corrected chi connectivity index (χ0v) is 19.3. The van der Waals surface area contributed by atoms with Crippen molar-refractivity contribution in [2.75, 3.05) is 0 Å². The summed E-state index contributed by atoms with van der Waals surface area (Å²) in [5.41, 5.74) is 12.3. The van der Waals surface area contributed by atoms with E-state index >= 15 is 0 Å². The lowest BCUT2D eigenvalue weighted by Crippen LogP contribution is -2.15. The van der Waals surface area contributed by atoms with Crippen molar-refractivity contribution in [3.63, 3.8) is 0 Å². The van der Waals surface area contributed by atoms with Gasteiger partial charge in [0.2, 0.25) is 0 Å². The Labute approximate surface area is 196 Å². The van der Waals surface area contributed by atoms with E-state index < -0.39 is 0 Å². The maximum atomic E-state index is 2.46. The molecule has 0 nitrogen and oxygen atoms in total. The van der Waals surface area contributed by atoms with Crippen molar-refractivity contribution in [3.05, 3.63) is 138 Å². The van der Waals surface area contributed by atoms with E-state index in [0.717, 1.165) is 6.42 Å². The highest BCUT2D eigenvalue weighted by atomic mass is 14.4. The van der Waals surface area contributed by atoms with Crippen LogP contribution in [0, 0.1) is 0 Å². The first kappa shape index (κ1) is 20.0. The van der Waals surface area contributed by atoms with Gasteiger partial charge in [0.15, 0.2) is 0 Å². The average Bonchev–Trinajstić information content (AvgIpc) is 3.11. The number of benzene rings is 4. The summed E-state index contributed by atoms with van der Waals surface area (Å²) in [6, 6.07) is 35.5. The second kappa shape index (κ2) is 7.74. The first-order valence-electron chi connectivity index (χ1n) is 11.9. The normalized spacial score (nSPS) is 17.9. The van der Waals surface area contributed by atoms with Crippen LogP contribution in [0.25, 0.3) is 27.8 Å². The Morgan fingerprint density at radius 2 is 1.30 bits per heavy atom. The molecule has 0 bridgehead atoms. The van der Waals surface area contributed by atoms with Crippen LogP contribution in [0.3, 0.4) is 0 Å². The second-order valence-electron chi connectivity index (χ2n) is 9.78. The van der Waals surface area contributed by atoms with Crippen molar-refractivity contribution in [1.82, 2.24) is 0 Å². The molecule has 4 aromatic rings. The molecule has 1 unspecified atom stereocenters. The average molecular weight is 425 g/mol. The topological polar surface area (TPSA) is 0 Å². The van der Waals surface area contributed by atoms with E-state index in [9.17, 15) is 0 Å².